The van der Waals surface area contributed by atoms with E-state index in [0.29, 0.717) is 17.3 Å². The summed E-state index contributed by atoms with van der Waals surface area (Å²) in [6.07, 6.45) is 0. The van der Waals surface area contributed by atoms with Gasteiger partial charge in [0, 0.05) is 30.7 Å². The summed E-state index contributed by atoms with van der Waals surface area (Å²) in [6, 6.07) is 5.41. The van der Waals surface area contributed by atoms with Crippen molar-refractivity contribution < 1.29 is 9.53 Å². The van der Waals surface area contributed by atoms with Gasteiger partial charge >= 0.3 is 0 Å². The van der Waals surface area contributed by atoms with Crippen molar-refractivity contribution in [3.63, 3.8) is 0 Å². The Morgan fingerprint density at radius 1 is 1.50 bits per heavy atom. The quantitative estimate of drug-likeness (QED) is 0.856. The molecule has 4 nitrogen and oxygen atoms in total. The Morgan fingerprint density at radius 3 is 2.89 bits per heavy atom. The van der Waals surface area contributed by atoms with Gasteiger partial charge in [0.1, 0.15) is 5.75 Å². The van der Waals surface area contributed by atoms with Crippen LogP contribution in [0.1, 0.15) is 5.56 Å². The van der Waals surface area contributed by atoms with Crippen LogP contribution in [-0.2, 0) is 4.79 Å². The predicted octanol–water partition coefficient (Wildman–Crippen LogP) is 1.71. The van der Waals surface area contributed by atoms with Gasteiger partial charge in [0.05, 0.1) is 0 Å². The smallest absolute Gasteiger partial charge is 0.260 e. The molecule has 0 aromatic heterocycles. The van der Waals surface area contributed by atoms with Gasteiger partial charge in [-0.25, -0.2) is 0 Å². The van der Waals surface area contributed by atoms with Crippen molar-refractivity contribution in [3.8, 4) is 5.75 Å². The normalized spacial score (nSPS) is 10.2. The first-order valence-electron chi connectivity index (χ1n) is 5.82. The second kappa shape index (κ2) is 7.24. The van der Waals surface area contributed by atoms with Crippen LogP contribution in [0, 0.1) is 6.92 Å². The first-order chi connectivity index (χ1) is 8.56. The number of carbonyl (C=O) groups excluding carboxylic acids is 1. The van der Waals surface area contributed by atoms with E-state index in [1.807, 2.05) is 20.0 Å². The molecule has 1 rings (SSSR count). The molecule has 1 amide bonds. The third kappa shape index (κ3) is 4.20. The van der Waals surface area contributed by atoms with Crippen LogP contribution in [0.2, 0.25) is 5.02 Å². The summed E-state index contributed by atoms with van der Waals surface area (Å²) < 4.78 is 5.48. The summed E-state index contributed by atoms with van der Waals surface area (Å²) in [5.41, 5.74) is 0.852. The molecule has 0 aliphatic heterocycles. The molecule has 1 N–H and O–H groups in total. The van der Waals surface area contributed by atoms with Gasteiger partial charge in [0.2, 0.25) is 0 Å². The fourth-order valence-corrected chi connectivity index (χ4v) is 1.56. The van der Waals surface area contributed by atoms with Gasteiger partial charge in [-0.05, 0) is 26.1 Å². The van der Waals surface area contributed by atoms with Crippen LogP contribution in [0.15, 0.2) is 18.2 Å². The van der Waals surface area contributed by atoms with E-state index in [9.17, 15) is 4.79 Å². The molecule has 0 spiro atoms. The summed E-state index contributed by atoms with van der Waals surface area (Å²) in [6.45, 7) is 3.32. The maximum Gasteiger partial charge on any atom is 0.260 e. The highest BCUT2D eigenvalue weighted by atomic mass is 35.5. The number of hydrogen-bond acceptors (Lipinski definition) is 3. The first kappa shape index (κ1) is 14.8. The fourth-order valence-electron chi connectivity index (χ4n) is 1.40. The summed E-state index contributed by atoms with van der Waals surface area (Å²) in [5.74, 6) is 0.600. The number of rotatable bonds is 6. The van der Waals surface area contributed by atoms with Crippen LogP contribution >= 0.6 is 11.6 Å². The molecule has 0 aliphatic carbocycles. The van der Waals surface area contributed by atoms with E-state index in [4.69, 9.17) is 16.3 Å². The lowest BCUT2D eigenvalue weighted by molar-refractivity contribution is -0.132. The molecule has 100 valence electrons. The van der Waals surface area contributed by atoms with Crippen molar-refractivity contribution in [2.24, 2.45) is 0 Å². The molecule has 0 saturated heterocycles. The van der Waals surface area contributed by atoms with E-state index >= 15 is 0 Å². The zero-order valence-corrected chi connectivity index (χ0v) is 11.8. The number of hydrogen-bond donors (Lipinski definition) is 1. The van der Waals surface area contributed by atoms with Crippen molar-refractivity contribution in [2.45, 2.75) is 6.92 Å². The second-order valence-corrected chi connectivity index (χ2v) is 4.48. The summed E-state index contributed by atoms with van der Waals surface area (Å²) in [4.78, 5) is 13.4. The minimum Gasteiger partial charge on any atom is -0.483 e. The van der Waals surface area contributed by atoms with Gasteiger partial charge in [0.25, 0.3) is 5.91 Å². The Balaban J connectivity index is 2.49. The third-order valence-corrected chi connectivity index (χ3v) is 3.10. The topological polar surface area (TPSA) is 41.6 Å². The minimum absolute atomic E-state index is 0.0292. The van der Waals surface area contributed by atoms with E-state index in [1.165, 1.54) is 0 Å². The molecule has 5 heteroatoms. The number of halogens is 1. The molecular weight excluding hydrogens is 252 g/mol. The Morgan fingerprint density at radius 2 is 2.22 bits per heavy atom. The molecule has 0 bridgehead atoms. The van der Waals surface area contributed by atoms with Crippen molar-refractivity contribution >= 4 is 17.5 Å². The number of nitrogens with zero attached hydrogens (tertiary/aromatic N) is 1. The van der Waals surface area contributed by atoms with E-state index in [1.54, 1.807) is 24.1 Å². The molecule has 1 aromatic rings. The van der Waals surface area contributed by atoms with Gasteiger partial charge in [-0.3, -0.25) is 4.79 Å². The Kier molecular flexibility index (Phi) is 5.95. The van der Waals surface area contributed by atoms with Crippen LogP contribution in [0.4, 0.5) is 0 Å². The lowest BCUT2D eigenvalue weighted by Crippen LogP contribution is -2.35. The van der Waals surface area contributed by atoms with Crippen LogP contribution in [0.5, 0.6) is 5.75 Å². The van der Waals surface area contributed by atoms with Crippen molar-refractivity contribution in [2.75, 3.05) is 33.8 Å². The number of carbonyl (C=O) groups is 1. The van der Waals surface area contributed by atoms with Crippen molar-refractivity contribution in [1.82, 2.24) is 10.2 Å². The third-order valence-electron chi connectivity index (χ3n) is 2.69. The van der Waals surface area contributed by atoms with Gasteiger partial charge < -0.3 is 15.0 Å². The SMILES string of the molecule is CNCCN(C)C(=O)COc1cccc(Cl)c1C. The number of nitrogens with one attached hydrogen (secondary N) is 1. The van der Waals surface area contributed by atoms with E-state index in [0.717, 1.165) is 12.1 Å². The first-order valence-corrected chi connectivity index (χ1v) is 6.20. The average molecular weight is 271 g/mol. The van der Waals surface area contributed by atoms with Crippen molar-refractivity contribution in [3.05, 3.63) is 28.8 Å². The molecule has 18 heavy (non-hydrogen) atoms. The van der Waals surface area contributed by atoms with Gasteiger partial charge in [0.15, 0.2) is 6.61 Å². The highest BCUT2D eigenvalue weighted by Gasteiger charge is 2.10. The molecule has 0 fully saturated rings. The summed E-state index contributed by atoms with van der Waals surface area (Å²) >= 11 is 5.98. The van der Waals surface area contributed by atoms with Crippen LogP contribution in [0.3, 0.4) is 0 Å². The molecule has 0 unspecified atom stereocenters. The van der Waals surface area contributed by atoms with E-state index < -0.39 is 0 Å². The van der Waals surface area contributed by atoms with Gasteiger partial charge in [-0.15, -0.1) is 0 Å². The molecule has 0 saturated carbocycles. The molecule has 0 heterocycles. The number of amides is 1. The highest BCUT2D eigenvalue weighted by Crippen LogP contribution is 2.24. The zero-order chi connectivity index (χ0) is 13.5. The minimum atomic E-state index is -0.0513. The lowest BCUT2D eigenvalue weighted by atomic mass is 10.2. The van der Waals surface area contributed by atoms with Gasteiger partial charge in [-0.1, -0.05) is 17.7 Å². The largest absolute Gasteiger partial charge is 0.483 e. The predicted molar refractivity (Wildman–Crippen MR) is 73.2 cm³/mol. The Bertz CT molecular complexity index is 410. The van der Waals surface area contributed by atoms with Crippen LogP contribution in [0.25, 0.3) is 0 Å². The number of likely N-dealkylation sites (N-methyl/N-ethyl adjacent to an activating group) is 2. The summed E-state index contributed by atoms with van der Waals surface area (Å²) in [5, 5.41) is 3.63. The van der Waals surface area contributed by atoms with Crippen LogP contribution in [-0.4, -0.2) is 44.6 Å². The molecule has 0 aliphatic rings. The maximum absolute atomic E-state index is 11.8. The summed E-state index contributed by atoms with van der Waals surface area (Å²) in [7, 11) is 3.61. The van der Waals surface area contributed by atoms with E-state index in [2.05, 4.69) is 5.32 Å². The standard InChI is InChI=1S/C13H19ClN2O2/c1-10-11(14)5-4-6-12(10)18-9-13(17)16(3)8-7-15-2/h4-6,15H,7-9H2,1-3H3. The van der Waals surface area contributed by atoms with E-state index in [-0.39, 0.29) is 12.5 Å². The Labute approximate surface area is 113 Å². The van der Waals surface area contributed by atoms with Gasteiger partial charge in [-0.2, -0.15) is 0 Å². The van der Waals surface area contributed by atoms with Crippen molar-refractivity contribution in [1.29, 1.82) is 0 Å². The number of benzene rings is 1. The molecule has 1 aromatic carbocycles. The molecule has 0 radical (unpaired) electrons. The van der Waals surface area contributed by atoms with Crippen LogP contribution < -0.4 is 10.1 Å². The zero-order valence-electron chi connectivity index (χ0n) is 11.0. The highest BCUT2D eigenvalue weighted by molar-refractivity contribution is 6.31. The lowest BCUT2D eigenvalue weighted by Gasteiger charge is -2.17. The average Bonchev–Trinajstić information content (AvgIpc) is 2.37. The fraction of sp³-hybridized carbons (Fsp3) is 0.462. The Hall–Kier alpha value is -1.26. The monoisotopic (exact) mass is 270 g/mol. The molecule has 0 atom stereocenters. The number of ether oxygens (including phenoxy) is 1. The molecular formula is C13H19ClN2O2. The second-order valence-electron chi connectivity index (χ2n) is 4.07. The maximum atomic E-state index is 11.8.